The molecule has 3 rings (SSSR count). The van der Waals surface area contributed by atoms with Crippen molar-refractivity contribution in [2.75, 3.05) is 10.0 Å². The molecule has 126 valence electrons. The maximum absolute atomic E-state index is 12.6. The minimum Gasteiger partial charge on any atom is -0.479 e. The standard InChI is InChI=1S/C16H15BrN2O4S/c1-9-3-5-13(12(17)7-9)19-24(21,22)11-4-6-15-14(8-11)18-16(20)10(2)23-15/h3-8,10,19H,1-2H3,(H,18,20). The van der Waals surface area contributed by atoms with Gasteiger partial charge in [0.2, 0.25) is 0 Å². The van der Waals surface area contributed by atoms with Gasteiger partial charge in [0.1, 0.15) is 5.75 Å². The number of carbonyl (C=O) groups is 1. The predicted molar refractivity (Wildman–Crippen MR) is 94.8 cm³/mol. The zero-order valence-electron chi connectivity index (χ0n) is 13.0. The fourth-order valence-electron chi connectivity index (χ4n) is 2.26. The van der Waals surface area contributed by atoms with E-state index in [0.717, 1.165) is 5.56 Å². The molecule has 0 saturated heterocycles. The van der Waals surface area contributed by atoms with Crippen LogP contribution >= 0.6 is 15.9 Å². The zero-order chi connectivity index (χ0) is 17.5. The minimum absolute atomic E-state index is 0.0344. The number of anilines is 2. The maximum Gasteiger partial charge on any atom is 0.265 e. The van der Waals surface area contributed by atoms with E-state index in [-0.39, 0.29) is 10.8 Å². The predicted octanol–water partition coefficient (Wildman–Crippen LogP) is 3.28. The van der Waals surface area contributed by atoms with Crippen molar-refractivity contribution in [2.45, 2.75) is 24.8 Å². The average molecular weight is 411 g/mol. The number of fused-ring (bicyclic) bond motifs is 1. The lowest BCUT2D eigenvalue weighted by Crippen LogP contribution is -2.34. The molecule has 1 aliphatic heterocycles. The lowest BCUT2D eigenvalue weighted by atomic mass is 10.2. The Morgan fingerprint density at radius 1 is 1.21 bits per heavy atom. The highest BCUT2D eigenvalue weighted by Gasteiger charge is 2.25. The molecule has 2 aromatic carbocycles. The lowest BCUT2D eigenvalue weighted by molar-refractivity contribution is -0.122. The summed E-state index contributed by atoms with van der Waals surface area (Å²) in [5, 5.41) is 2.64. The summed E-state index contributed by atoms with van der Waals surface area (Å²) in [7, 11) is -3.80. The number of aryl methyl sites for hydroxylation is 1. The van der Waals surface area contributed by atoms with Crippen molar-refractivity contribution >= 4 is 43.2 Å². The van der Waals surface area contributed by atoms with Crippen LogP contribution in [0.2, 0.25) is 0 Å². The second-order valence-corrected chi connectivity index (χ2v) is 8.03. The smallest absolute Gasteiger partial charge is 0.265 e. The molecule has 0 radical (unpaired) electrons. The summed E-state index contributed by atoms with van der Waals surface area (Å²) >= 11 is 3.34. The highest BCUT2D eigenvalue weighted by atomic mass is 79.9. The van der Waals surface area contributed by atoms with Crippen molar-refractivity contribution in [1.29, 1.82) is 0 Å². The molecule has 0 aliphatic carbocycles. The summed E-state index contributed by atoms with van der Waals surface area (Å²) in [6.07, 6.45) is -0.610. The van der Waals surface area contributed by atoms with E-state index >= 15 is 0 Å². The van der Waals surface area contributed by atoms with Crippen molar-refractivity contribution in [3.8, 4) is 5.75 Å². The van der Waals surface area contributed by atoms with E-state index in [2.05, 4.69) is 26.0 Å². The molecule has 24 heavy (non-hydrogen) atoms. The first-order valence-electron chi connectivity index (χ1n) is 7.17. The maximum atomic E-state index is 12.6. The van der Waals surface area contributed by atoms with Gasteiger partial charge in [-0.3, -0.25) is 9.52 Å². The molecule has 2 aromatic rings. The van der Waals surface area contributed by atoms with Crippen molar-refractivity contribution in [3.63, 3.8) is 0 Å². The first kappa shape index (κ1) is 16.8. The van der Waals surface area contributed by atoms with E-state index < -0.39 is 16.1 Å². The van der Waals surface area contributed by atoms with Crippen LogP contribution in [0.1, 0.15) is 12.5 Å². The van der Waals surface area contributed by atoms with Gasteiger partial charge in [-0.2, -0.15) is 0 Å². The SMILES string of the molecule is Cc1ccc(NS(=O)(=O)c2ccc3c(c2)NC(=O)C(C)O3)c(Br)c1. The van der Waals surface area contributed by atoms with E-state index in [4.69, 9.17) is 4.74 Å². The monoisotopic (exact) mass is 410 g/mol. The van der Waals surface area contributed by atoms with Crippen molar-refractivity contribution in [1.82, 2.24) is 0 Å². The molecule has 1 heterocycles. The van der Waals surface area contributed by atoms with Crippen LogP contribution < -0.4 is 14.8 Å². The molecule has 0 bridgehead atoms. The van der Waals surface area contributed by atoms with Gasteiger partial charge in [-0.05, 0) is 65.7 Å². The largest absolute Gasteiger partial charge is 0.479 e. The zero-order valence-corrected chi connectivity index (χ0v) is 15.4. The van der Waals surface area contributed by atoms with Gasteiger partial charge in [-0.25, -0.2) is 8.42 Å². The molecule has 1 atom stereocenters. The second-order valence-electron chi connectivity index (χ2n) is 5.50. The van der Waals surface area contributed by atoms with Gasteiger partial charge in [0.15, 0.2) is 6.10 Å². The molecular formula is C16H15BrN2O4S. The molecule has 8 heteroatoms. The number of hydrogen-bond donors (Lipinski definition) is 2. The van der Waals surface area contributed by atoms with E-state index in [0.29, 0.717) is 21.6 Å². The van der Waals surface area contributed by atoms with Crippen LogP contribution in [0.3, 0.4) is 0 Å². The molecule has 6 nitrogen and oxygen atoms in total. The molecular weight excluding hydrogens is 396 g/mol. The first-order chi connectivity index (χ1) is 11.3. The highest BCUT2D eigenvalue weighted by molar-refractivity contribution is 9.10. The van der Waals surface area contributed by atoms with Gasteiger partial charge < -0.3 is 10.1 Å². The van der Waals surface area contributed by atoms with Crippen molar-refractivity contribution in [3.05, 3.63) is 46.4 Å². The molecule has 1 unspecified atom stereocenters. The number of hydrogen-bond acceptors (Lipinski definition) is 4. The number of sulfonamides is 1. The number of rotatable bonds is 3. The Morgan fingerprint density at radius 2 is 1.96 bits per heavy atom. The normalized spacial score (nSPS) is 16.8. The highest BCUT2D eigenvalue weighted by Crippen LogP contribution is 2.33. The number of halogens is 1. The summed E-state index contributed by atoms with van der Waals surface area (Å²) in [6, 6.07) is 9.66. The van der Waals surface area contributed by atoms with Gasteiger partial charge in [0.25, 0.3) is 15.9 Å². The van der Waals surface area contributed by atoms with Gasteiger partial charge in [-0.1, -0.05) is 6.07 Å². The Bertz CT molecular complexity index is 928. The van der Waals surface area contributed by atoms with Crippen LogP contribution in [0.4, 0.5) is 11.4 Å². The topological polar surface area (TPSA) is 84.5 Å². The van der Waals surface area contributed by atoms with E-state index in [1.54, 1.807) is 13.0 Å². The Morgan fingerprint density at radius 3 is 2.67 bits per heavy atom. The Balaban J connectivity index is 1.93. The Kier molecular flexibility index (Phi) is 4.27. The third-order valence-corrected chi connectivity index (χ3v) is 5.58. The molecule has 1 amide bonds. The quantitative estimate of drug-likeness (QED) is 0.812. The van der Waals surface area contributed by atoms with E-state index in [1.165, 1.54) is 18.2 Å². The van der Waals surface area contributed by atoms with Gasteiger partial charge in [-0.15, -0.1) is 0 Å². The van der Waals surface area contributed by atoms with Crippen LogP contribution in [-0.4, -0.2) is 20.4 Å². The summed E-state index contributed by atoms with van der Waals surface area (Å²) in [4.78, 5) is 11.7. The third kappa shape index (κ3) is 3.25. The first-order valence-corrected chi connectivity index (χ1v) is 9.44. The molecule has 0 saturated carbocycles. The van der Waals surface area contributed by atoms with E-state index in [1.807, 2.05) is 19.1 Å². The fraction of sp³-hybridized carbons (Fsp3) is 0.188. The van der Waals surface area contributed by atoms with Crippen LogP contribution in [0.25, 0.3) is 0 Å². The third-order valence-electron chi connectivity index (χ3n) is 3.56. The number of carbonyl (C=O) groups excluding carboxylic acids is 1. The minimum atomic E-state index is -3.80. The molecule has 2 N–H and O–H groups in total. The van der Waals surface area contributed by atoms with Crippen LogP contribution in [0.15, 0.2) is 45.8 Å². The summed E-state index contributed by atoms with van der Waals surface area (Å²) in [5.41, 5.74) is 1.78. The molecule has 0 fully saturated rings. The number of ether oxygens (including phenoxy) is 1. The summed E-state index contributed by atoms with van der Waals surface area (Å²) in [6.45, 7) is 3.54. The number of nitrogens with one attached hydrogen (secondary N) is 2. The molecule has 1 aliphatic rings. The summed E-state index contributed by atoms with van der Waals surface area (Å²) in [5.74, 6) is 0.129. The van der Waals surface area contributed by atoms with Crippen LogP contribution in [0.5, 0.6) is 5.75 Å². The molecule has 0 spiro atoms. The lowest BCUT2D eigenvalue weighted by Gasteiger charge is -2.23. The Hall–Kier alpha value is -2.06. The molecule has 0 aromatic heterocycles. The van der Waals surface area contributed by atoms with Crippen molar-refractivity contribution in [2.24, 2.45) is 0 Å². The van der Waals surface area contributed by atoms with Gasteiger partial charge >= 0.3 is 0 Å². The van der Waals surface area contributed by atoms with Crippen LogP contribution in [0, 0.1) is 6.92 Å². The second kappa shape index (κ2) is 6.10. The van der Waals surface area contributed by atoms with Crippen molar-refractivity contribution < 1.29 is 17.9 Å². The fourth-order valence-corrected chi connectivity index (χ4v) is 4.09. The van der Waals surface area contributed by atoms with Crippen LogP contribution in [-0.2, 0) is 14.8 Å². The average Bonchev–Trinajstić information content (AvgIpc) is 2.51. The van der Waals surface area contributed by atoms with E-state index in [9.17, 15) is 13.2 Å². The summed E-state index contributed by atoms with van der Waals surface area (Å²) < 4.78 is 33.8. The number of amides is 1. The van der Waals surface area contributed by atoms with Gasteiger partial charge in [0.05, 0.1) is 16.3 Å². The number of benzene rings is 2. The Labute approximate surface area is 148 Å². The van der Waals surface area contributed by atoms with Gasteiger partial charge in [0, 0.05) is 4.47 Å².